The van der Waals surface area contributed by atoms with Crippen molar-refractivity contribution in [3.05, 3.63) is 0 Å². The van der Waals surface area contributed by atoms with Crippen molar-refractivity contribution < 1.29 is 9.46 Å². The summed E-state index contributed by atoms with van der Waals surface area (Å²) in [5.74, 6) is 0. The van der Waals surface area contributed by atoms with Crippen molar-refractivity contribution in [3.63, 3.8) is 0 Å². The molecule has 0 aromatic heterocycles. The fraction of sp³-hybridized carbons (Fsp3) is 1.00. The number of hydrogen-bond acceptors (Lipinski definition) is 1. The summed E-state index contributed by atoms with van der Waals surface area (Å²) >= 11 is 5.24. The maximum absolute atomic E-state index is 10.3. The van der Waals surface area contributed by atoms with Crippen molar-refractivity contribution in [2.75, 3.05) is 6.66 Å². The van der Waals surface area contributed by atoms with E-state index in [0.717, 1.165) is 0 Å². The van der Waals surface area contributed by atoms with E-state index in [-0.39, 0.29) is 0 Å². The first kappa shape index (κ1) is 7.48. The molecule has 0 fully saturated rings. The Morgan fingerprint density at radius 1 is 1.86 bits per heavy atom. The highest BCUT2D eigenvalue weighted by atomic mass is 35.5. The van der Waals surface area contributed by atoms with Gasteiger partial charge in [0.2, 0.25) is 7.37 Å². The molecule has 0 saturated heterocycles. The lowest BCUT2D eigenvalue weighted by molar-refractivity contribution is 0.483. The zero-order chi connectivity index (χ0) is 6.08. The fourth-order valence-electron chi connectivity index (χ4n) is 0. The molecule has 0 aliphatic heterocycles. The molecule has 0 amide bonds. The van der Waals surface area contributed by atoms with E-state index in [1.807, 2.05) is 0 Å². The Morgan fingerprint density at radius 2 is 2.00 bits per heavy atom. The van der Waals surface area contributed by atoms with E-state index in [2.05, 4.69) is 0 Å². The van der Waals surface area contributed by atoms with Crippen LogP contribution in [0.2, 0.25) is 0 Å². The van der Waals surface area contributed by atoms with Gasteiger partial charge in [-0.05, 0) is 6.92 Å². The van der Waals surface area contributed by atoms with Crippen LogP contribution in [0.15, 0.2) is 0 Å². The van der Waals surface area contributed by atoms with Gasteiger partial charge in [-0.15, -0.1) is 11.6 Å². The van der Waals surface area contributed by atoms with Gasteiger partial charge in [-0.1, -0.05) is 0 Å². The van der Waals surface area contributed by atoms with Crippen LogP contribution in [0.1, 0.15) is 6.92 Å². The van der Waals surface area contributed by atoms with Crippen LogP contribution in [0, 0.1) is 0 Å². The third-order valence-electron chi connectivity index (χ3n) is 0.660. The van der Waals surface area contributed by atoms with Gasteiger partial charge >= 0.3 is 0 Å². The van der Waals surface area contributed by atoms with Crippen LogP contribution < -0.4 is 0 Å². The monoisotopic (exact) mass is 142 g/mol. The molecule has 0 rings (SSSR count). The van der Waals surface area contributed by atoms with E-state index in [4.69, 9.17) is 16.5 Å². The Hall–Kier alpha value is 0.480. The molecule has 2 nitrogen and oxygen atoms in total. The summed E-state index contributed by atoms with van der Waals surface area (Å²) in [6.45, 7) is 2.74. The zero-order valence-electron chi connectivity index (χ0n) is 4.26. The van der Waals surface area contributed by atoms with E-state index >= 15 is 0 Å². The summed E-state index contributed by atoms with van der Waals surface area (Å²) < 4.78 is 10.3. The lowest BCUT2D eigenvalue weighted by Crippen LogP contribution is -1.89. The third kappa shape index (κ3) is 3.10. The molecule has 0 aromatic carbocycles. The summed E-state index contributed by atoms with van der Waals surface area (Å²) in [5, 5.41) is -0.618. The van der Waals surface area contributed by atoms with Crippen LogP contribution in [-0.2, 0) is 4.57 Å². The summed E-state index contributed by atoms with van der Waals surface area (Å²) in [4.78, 5) is 8.52. The summed E-state index contributed by atoms with van der Waals surface area (Å²) in [7, 11) is -2.97. The smallest absolute Gasteiger partial charge is 0.214 e. The molecular weight excluding hydrogens is 134 g/mol. The lowest BCUT2D eigenvalue weighted by atomic mass is 11.0. The average molecular weight is 143 g/mol. The quantitative estimate of drug-likeness (QED) is 0.445. The van der Waals surface area contributed by atoms with Crippen molar-refractivity contribution in [2.24, 2.45) is 0 Å². The molecule has 0 aromatic rings. The van der Waals surface area contributed by atoms with Crippen molar-refractivity contribution in [1.29, 1.82) is 0 Å². The average Bonchev–Trinajstić information content (AvgIpc) is 1.31. The maximum atomic E-state index is 10.3. The van der Waals surface area contributed by atoms with Crippen molar-refractivity contribution in [3.8, 4) is 0 Å². The van der Waals surface area contributed by atoms with Gasteiger partial charge in [-0.2, -0.15) is 0 Å². The Bertz CT molecular complexity index is 95.1. The normalized spacial score (nSPS) is 23.4. The molecule has 44 valence electrons. The molecule has 0 aliphatic rings. The Balaban J connectivity index is 3.80. The van der Waals surface area contributed by atoms with Gasteiger partial charge in [0.1, 0.15) is 5.12 Å². The van der Waals surface area contributed by atoms with E-state index in [9.17, 15) is 4.57 Å². The van der Waals surface area contributed by atoms with Gasteiger partial charge in [0.25, 0.3) is 0 Å². The largest absolute Gasteiger partial charge is 0.343 e. The zero-order valence-corrected chi connectivity index (χ0v) is 5.91. The molecule has 0 radical (unpaired) electrons. The fourth-order valence-corrected chi connectivity index (χ4v) is 0. The minimum atomic E-state index is -2.97. The van der Waals surface area contributed by atoms with Gasteiger partial charge < -0.3 is 4.89 Å². The van der Waals surface area contributed by atoms with Gasteiger partial charge in [-0.3, -0.25) is 4.57 Å². The van der Waals surface area contributed by atoms with Gasteiger partial charge in [0.15, 0.2) is 0 Å². The van der Waals surface area contributed by atoms with E-state index in [1.54, 1.807) is 0 Å². The first-order valence-electron chi connectivity index (χ1n) is 1.88. The molecule has 1 N–H and O–H groups in total. The number of alkyl halides is 1. The van der Waals surface area contributed by atoms with Crippen molar-refractivity contribution in [1.82, 2.24) is 0 Å². The predicted molar refractivity (Wildman–Crippen MR) is 31.1 cm³/mol. The van der Waals surface area contributed by atoms with Crippen LogP contribution in [0.4, 0.5) is 0 Å². The van der Waals surface area contributed by atoms with Crippen LogP contribution in [0.3, 0.4) is 0 Å². The highest BCUT2D eigenvalue weighted by Gasteiger charge is 2.16. The molecular formula is C3H8ClO2P. The van der Waals surface area contributed by atoms with E-state index in [1.165, 1.54) is 13.6 Å². The molecule has 0 aliphatic carbocycles. The third-order valence-corrected chi connectivity index (χ3v) is 3.07. The Morgan fingerprint density at radius 3 is 2.00 bits per heavy atom. The first-order valence-corrected chi connectivity index (χ1v) is 4.50. The molecule has 4 heteroatoms. The van der Waals surface area contributed by atoms with Crippen LogP contribution in [0.5, 0.6) is 0 Å². The van der Waals surface area contributed by atoms with Gasteiger partial charge in [0.05, 0.1) is 0 Å². The number of halogens is 1. The first-order chi connectivity index (χ1) is 2.94. The maximum Gasteiger partial charge on any atom is 0.214 e. The van der Waals surface area contributed by atoms with Crippen LogP contribution >= 0.6 is 19.0 Å². The Kier molecular flexibility index (Phi) is 2.31. The van der Waals surface area contributed by atoms with Crippen molar-refractivity contribution in [2.45, 2.75) is 12.0 Å². The van der Waals surface area contributed by atoms with E-state index in [0.29, 0.717) is 0 Å². The molecule has 0 saturated carbocycles. The highest BCUT2D eigenvalue weighted by Crippen LogP contribution is 2.43. The highest BCUT2D eigenvalue weighted by molar-refractivity contribution is 7.59. The topological polar surface area (TPSA) is 37.3 Å². The summed E-state index contributed by atoms with van der Waals surface area (Å²) in [6, 6.07) is 0. The molecule has 7 heavy (non-hydrogen) atoms. The molecule has 2 unspecified atom stereocenters. The van der Waals surface area contributed by atoms with Crippen LogP contribution in [0.25, 0.3) is 0 Å². The second-order valence-electron chi connectivity index (χ2n) is 1.52. The molecule has 0 heterocycles. The Labute approximate surface area is 47.9 Å². The second kappa shape index (κ2) is 2.17. The minimum absolute atomic E-state index is 0.618. The number of rotatable bonds is 1. The second-order valence-corrected chi connectivity index (χ2v) is 5.14. The van der Waals surface area contributed by atoms with Crippen LogP contribution in [-0.4, -0.2) is 16.7 Å². The van der Waals surface area contributed by atoms with Gasteiger partial charge in [0, 0.05) is 6.66 Å². The molecule has 0 spiro atoms. The van der Waals surface area contributed by atoms with Gasteiger partial charge in [-0.25, -0.2) is 0 Å². The summed E-state index contributed by atoms with van der Waals surface area (Å²) in [5.41, 5.74) is 0. The van der Waals surface area contributed by atoms with E-state index < -0.39 is 12.5 Å². The standard InChI is InChI=1S/C3H8ClO2P/c1-3(4)7(2,5)6/h3H,1-2H3,(H,5,6). The SMILES string of the molecule is CC(Cl)P(C)(=O)O. The molecule has 0 bridgehead atoms. The van der Waals surface area contributed by atoms with Crippen molar-refractivity contribution >= 4 is 19.0 Å². The number of hydrogen-bond donors (Lipinski definition) is 1. The molecule has 2 atom stereocenters. The lowest BCUT2D eigenvalue weighted by Gasteiger charge is -2.04. The minimum Gasteiger partial charge on any atom is -0.343 e. The predicted octanol–water partition coefficient (Wildman–Crippen LogP) is 1.47. The summed E-state index contributed by atoms with van der Waals surface area (Å²) in [6.07, 6.45) is 0.